The van der Waals surface area contributed by atoms with Gasteiger partial charge in [0, 0.05) is 24.5 Å². The van der Waals surface area contributed by atoms with E-state index < -0.39 is 0 Å². The lowest BCUT2D eigenvalue weighted by atomic mass is 9.92. The Hall–Kier alpha value is -3.49. The molecule has 8 heteroatoms. The molecule has 1 aromatic carbocycles. The zero-order valence-electron chi connectivity index (χ0n) is 19.3. The molecule has 3 aromatic heterocycles. The van der Waals surface area contributed by atoms with Gasteiger partial charge in [-0.1, -0.05) is 36.4 Å². The zero-order valence-corrected chi connectivity index (χ0v) is 19.3. The zero-order chi connectivity index (χ0) is 23.3. The largest absolute Gasteiger partial charge is 0.364 e. The Morgan fingerprint density at radius 3 is 2.62 bits per heavy atom. The highest BCUT2D eigenvalue weighted by Gasteiger charge is 2.20. The lowest BCUT2D eigenvalue weighted by molar-refractivity contribution is 0.410. The Kier molecular flexibility index (Phi) is 6.69. The van der Waals surface area contributed by atoms with Crippen molar-refractivity contribution in [3.05, 3.63) is 72.7 Å². The number of aromatic nitrogens is 4. The first-order valence-electron chi connectivity index (χ1n) is 12.0. The average molecular weight is 457 g/mol. The van der Waals surface area contributed by atoms with Crippen molar-refractivity contribution in [1.29, 1.82) is 0 Å². The summed E-state index contributed by atoms with van der Waals surface area (Å²) in [6.07, 6.45) is 10.6. The molecule has 1 aliphatic rings. The molecule has 5 rings (SSSR count). The lowest BCUT2D eigenvalue weighted by Gasteiger charge is -2.27. The standard InChI is InChI=1S/C26H32N8/c27-14-13-21(18-5-2-1-3-6-18)32-24-8-4-7-22(33-24)23-17-30-26-25(29-15-16-34(23)26)31-20-11-9-19(28)10-12-20/h1-8,15-17,19-21H,9-14,27-28H2,(H,29,31)(H,32,33)/t19-,20-,21?. The van der Waals surface area contributed by atoms with Gasteiger partial charge in [-0.25, -0.2) is 15.0 Å². The molecule has 3 heterocycles. The fourth-order valence-corrected chi connectivity index (χ4v) is 4.68. The van der Waals surface area contributed by atoms with Crippen LogP contribution in [0.25, 0.3) is 17.0 Å². The van der Waals surface area contributed by atoms with Crippen molar-refractivity contribution in [2.75, 3.05) is 17.2 Å². The third-order valence-electron chi connectivity index (χ3n) is 6.53. The quantitative estimate of drug-likeness (QED) is 0.317. The number of imidazole rings is 1. The molecule has 6 N–H and O–H groups in total. The summed E-state index contributed by atoms with van der Waals surface area (Å²) in [5.41, 5.74) is 15.7. The van der Waals surface area contributed by atoms with Crippen molar-refractivity contribution < 1.29 is 0 Å². The Labute approximate surface area is 199 Å². The van der Waals surface area contributed by atoms with Crippen LogP contribution in [0.2, 0.25) is 0 Å². The first-order valence-corrected chi connectivity index (χ1v) is 12.0. The first kappa shape index (κ1) is 22.3. The van der Waals surface area contributed by atoms with Crippen LogP contribution < -0.4 is 22.1 Å². The minimum Gasteiger partial charge on any atom is -0.364 e. The predicted molar refractivity (Wildman–Crippen MR) is 137 cm³/mol. The van der Waals surface area contributed by atoms with Crippen LogP contribution in [0.15, 0.2) is 67.1 Å². The van der Waals surface area contributed by atoms with E-state index in [2.05, 4.69) is 32.7 Å². The Balaban J connectivity index is 1.39. The number of anilines is 2. The number of hydrogen-bond acceptors (Lipinski definition) is 7. The molecule has 0 radical (unpaired) electrons. The maximum absolute atomic E-state index is 6.06. The van der Waals surface area contributed by atoms with Crippen LogP contribution in [0.3, 0.4) is 0 Å². The first-order chi connectivity index (χ1) is 16.7. The van der Waals surface area contributed by atoms with Crippen LogP contribution in [-0.4, -0.2) is 38.0 Å². The van der Waals surface area contributed by atoms with Crippen LogP contribution in [0, 0.1) is 0 Å². The van der Waals surface area contributed by atoms with E-state index in [9.17, 15) is 0 Å². The van der Waals surface area contributed by atoms with Gasteiger partial charge in [0.1, 0.15) is 5.82 Å². The second-order valence-corrected chi connectivity index (χ2v) is 8.96. The van der Waals surface area contributed by atoms with Crippen LogP contribution in [0.5, 0.6) is 0 Å². The van der Waals surface area contributed by atoms with Gasteiger partial charge in [0.15, 0.2) is 11.5 Å². The fraction of sp³-hybridized carbons (Fsp3) is 0.346. The average Bonchev–Trinajstić information content (AvgIpc) is 3.31. The molecule has 1 atom stereocenters. The third-order valence-corrected chi connectivity index (χ3v) is 6.53. The minimum absolute atomic E-state index is 0.0970. The molecule has 176 valence electrons. The van der Waals surface area contributed by atoms with E-state index in [0.717, 1.165) is 60.8 Å². The monoisotopic (exact) mass is 456 g/mol. The minimum atomic E-state index is 0.0970. The Bertz CT molecular complexity index is 1210. The lowest BCUT2D eigenvalue weighted by Crippen LogP contribution is -2.33. The van der Waals surface area contributed by atoms with Gasteiger partial charge in [-0.3, -0.25) is 4.40 Å². The van der Waals surface area contributed by atoms with E-state index in [1.807, 2.05) is 59.4 Å². The van der Waals surface area contributed by atoms with Crippen molar-refractivity contribution >= 4 is 17.3 Å². The van der Waals surface area contributed by atoms with Crippen LogP contribution >= 0.6 is 0 Å². The molecule has 1 saturated carbocycles. The molecule has 0 bridgehead atoms. The van der Waals surface area contributed by atoms with Gasteiger partial charge in [0.05, 0.1) is 23.6 Å². The summed E-state index contributed by atoms with van der Waals surface area (Å²) in [6.45, 7) is 0.592. The molecule has 0 saturated heterocycles. The molecule has 0 amide bonds. The molecule has 4 aromatic rings. The number of nitrogens with two attached hydrogens (primary N) is 2. The molecule has 34 heavy (non-hydrogen) atoms. The predicted octanol–water partition coefficient (Wildman–Crippen LogP) is 3.98. The van der Waals surface area contributed by atoms with E-state index in [1.165, 1.54) is 5.56 Å². The Morgan fingerprint density at radius 1 is 1.00 bits per heavy atom. The molecule has 0 aliphatic heterocycles. The highest BCUT2D eigenvalue weighted by molar-refractivity contribution is 5.70. The molecular formula is C26H32N8. The number of nitrogens with one attached hydrogen (secondary N) is 2. The number of fused-ring (bicyclic) bond motifs is 1. The van der Waals surface area contributed by atoms with Crippen molar-refractivity contribution in [3.63, 3.8) is 0 Å². The number of nitrogens with zero attached hydrogens (tertiary/aromatic N) is 4. The Morgan fingerprint density at radius 2 is 1.82 bits per heavy atom. The van der Waals surface area contributed by atoms with Crippen LogP contribution in [0.4, 0.5) is 11.6 Å². The van der Waals surface area contributed by atoms with Gasteiger partial charge < -0.3 is 22.1 Å². The second-order valence-electron chi connectivity index (χ2n) is 8.96. The number of rotatable bonds is 8. The third kappa shape index (κ3) is 4.88. The van der Waals surface area contributed by atoms with Crippen molar-refractivity contribution in [2.24, 2.45) is 11.5 Å². The van der Waals surface area contributed by atoms with Gasteiger partial charge in [-0.2, -0.15) is 0 Å². The summed E-state index contributed by atoms with van der Waals surface area (Å²) in [5.74, 6) is 1.61. The number of benzene rings is 1. The number of hydrogen-bond donors (Lipinski definition) is 4. The van der Waals surface area contributed by atoms with Crippen LogP contribution in [-0.2, 0) is 0 Å². The summed E-state index contributed by atoms with van der Waals surface area (Å²) >= 11 is 0. The maximum atomic E-state index is 6.06. The molecule has 1 unspecified atom stereocenters. The van der Waals surface area contributed by atoms with Gasteiger partial charge in [0.2, 0.25) is 0 Å². The van der Waals surface area contributed by atoms with E-state index in [-0.39, 0.29) is 6.04 Å². The topological polar surface area (TPSA) is 119 Å². The van der Waals surface area contributed by atoms with Crippen molar-refractivity contribution in [2.45, 2.75) is 50.2 Å². The summed E-state index contributed by atoms with van der Waals surface area (Å²) in [7, 11) is 0. The van der Waals surface area contributed by atoms with E-state index in [0.29, 0.717) is 18.6 Å². The molecule has 0 spiro atoms. The second kappa shape index (κ2) is 10.2. The van der Waals surface area contributed by atoms with Gasteiger partial charge in [-0.05, 0) is 56.3 Å². The summed E-state index contributed by atoms with van der Waals surface area (Å²) < 4.78 is 2.05. The van der Waals surface area contributed by atoms with Crippen LogP contribution in [0.1, 0.15) is 43.7 Å². The molecule has 1 fully saturated rings. The molecule has 8 nitrogen and oxygen atoms in total. The number of pyridine rings is 1. The highest BCUT2D eigenvalue weighted by Crippen LogP contribution is 2.27. The maximum Gasteiger partial charge on any atom is 0.180 e. The van der Waals surface area contributed by atoms with Gasteiger partial charge in [0.25, 0.3) is 0 Å². The van der Waals surface area contributed by atoms with Gasteiger partial charge in [-0.15, -0.1) is 0 Å². The van der Waals surface area contributed by atoms with E-state index in [4.69, 9.17) is 16.5 Å². The van der Waals surface area contributed by atoms with Crippen molar-refractivity contribution in [1.82, 2.24) is 19.4 Å². The van der Waals surface area contributed by atoms with Crippen molar-refractivity contribution in [3.8, 4) is 11.4 Å². The fourth-order valence-electron chi connectivity index (χ4n) is 4.68. The molecular weight excluding hydrogens is 424 g/mol. The SMILES string of the molecule is NCCC(Nc1cccc(-c2cnc3c(N[C@H]4CC[C@H](N)CC4)nccn23)n1)c1ccccc1. The normalized spacial score (nSPS) is 19.1. The highest BCUT2D eigenvalue weighted by atomic mass is 15.1. The van der Waals surface area contributed by atoms with Gasteiger partial charge >= 0.3 is 0 Å². The summed E-state index contributed by atoms with van der Waals surface area (Å²) in [6, 6.07) is 17.1. The summed E-state index contributed by atoms with van der Waals surface area (Å²) in [4.78, 5) is 14.1. The smallest absolute Gasteiger partial charge is 0.180 e. The summed E-state index contributed by atoms with van der Waals surface area (Å²) in [5, 5.41) is 7.14. The van der Waals surface area contributed by atoms with E-state index >= 15 is 0 Å². The van der Waals surface area contributed by atoms with E-state index in [1.54, 1.807) is 0 Å². The molecule has 1 aliphatic carbocycles.